The summed E-state index contributed by atoms with van der Waals surface area (Å²) in [5.41, 5.74) is 14.0. The minimum atomic E-state index is -0.0246. The predicted octanol–water partition coefficient (Wildman–Crippen LogP) is 12.6. The van der Waals surface area contributed by atoms with Crippen LogP contribution in [0.4, 0.5) is 0 Å². The van der Waals surface area contributed by atoms with Gasteiger partial charge in [0.15, 0.2) is 5.65 Å². The molecule has 4 heteroatoms. The molecule has 3 heterocycles. The highest BCUT2D eigenvalue weighted by Crippen LogP contribution is 2.44. The van der Waals surface area contributed by atoms with Crippen LogP contribution in [-0.4, -0.2) is 14.5 Å². The summed E-state index contributed by atoms with van der Waals surface area (Å²) in [6.07, 6.45) is 6.59. The largest absolute Gasteiger partial charge is 0.374 e. The maximum atomic E-state index is 5.17. The van der Waals surface area contributed by atoms with Crippen LogP contribution >= 0.6 is 0 Å². The Morgan fingerprint density at radius 1 is 0.473 bits per heavy atom. The molecule has 0 spiro atoms. The van der Waals surface area contributed by atoms with Gasteiger partial charge in [0.25, 0.3) is 0 Å². The molecule has 0 radical (unpaired) electrons. The second kappa shape index (κ2) is 12.7. The first kappa shape index (κ1) is 31.2. The standard InChI is InChI=1S/C51H34N4/c1-3-15-33(16-4-1)48-38-21-7-9-23-40(38)49(41-24-10-8-22-39(41)48)36-18-13-17-34(31-36)43-27-14-28-44(52-43)35-29-30-47-42(32-35)50-51(55(47)37-19-5-2-6-20-37)54-46-26-12-11-25-45(46)53-50/h1-32,44,52H. The number of rotatable bonds is 5. The quantitative estimate of drug-likeness (QED) is 0.182. The lowest BCUT2D eigenvalue weighted by Crippen LogP contribution is -2.20. The summed E-state index contributed by atoms with van der Waals surface area (Å²) >= 11 is 0. The van der Waals surface area contributed by atoms with Gasteiger partial charge in [0.1, 0.15) is 5.52 Å². The van der Waals surface area contributed by atoms with Crippen LogP contribution in [0.3, 0.4) is 0 Å². The summed E-state index contributed by atoms with van der Waals surface area (Å²) in [4.78, 5) is 10.3. The fourth-order valence-corrected chi connectivity index (χ4v) is 8.51. The van der Waals surface area contributed by atoms with E-state index in [1.165, 1.54) is 49.4 Å². The topological polar surface area (TPSA) is 42.7 Å². The Bertz CT molecular complexity index is 3120. The van der Waals surface area contributed by atoms with Gasteiger partial charge in [0.05, 0.1) is 22.6 Å². The third-order valence-electron chi connectivity index (χ3n) is 11.0. The molecule has 4 nitrogen and oxygen atoms in total. The molecule has 0 amide bonds. The lowest BCUT2D eigenvalue weighted by atomic mass is 9.85. The molecule has 0 saturated carbocycles. The zero-order chi connectivity index (χ0) is 36.3. The number of para-hydroxylation sites is 3. The minimum Gasteiger partial charge on any atom is -0.374 e. The Morgan fingerprint density at radius 2 is 1.05 bits per heavy atom. The van der Waals surface area contributed by atoms with E-state index in [4.69, 9.17) is 9.97 Å². The summed E-state index contributed by atoms with van der Waals surface area (Å²) in [6, 6.07) is 62.7. The van der Waals surface area contributed by atoms with Crippen molar-refractivity contribution in [1.82, 2.24) is 19.9 Å². The molecule has 0 bridgehead atoms. The minimum absolute atomic E-state index is 0.0246. The number of hydrogen-bond donors (Lipinski definition) is 1. The fourth-order valence-electron chi connectivity index (χ4n) is 8.51. The number of fused-ring (bicyclic) bond motifs is 6. The number of benzene rings is 8. The number of hydrogen-bond acceptors (Lipinski definition) is 3. The van der Waals surface area contributed by atoms with Gasteiger partial charge in [-0.05, 0) is 103 Å². The molecule has 0 fully saturated rings. The highest BCUT2D eigenvalue weighted by atomic mass is 15.1. The monoisotopic (exact) mass is 702 g/mol. The van der Waals surface area contributed by atoms with Crippen molar-refractivity contribution in [2.45, 2.75) is 6.04 Å². The van der Waals surface area contributed by atoms with Crippen LogP contribution in [0.2, 0.25) is 0 Å². The van der Waals surface area contributed by atoms with Gasteiger partial charge in [-0.2, -0.15) is 0 Å². The van der Waals surface area contributed by atoms with Crippen LogP contribution in [0.15, 0.2) is 194 Å². The summed E-state index contributed by atoms with van der Waals surface area (Å²) < 4.78 is 2.23. The van der Waals surface area contributed by atoms with Gasteiger partial charge >= 0.3 is 0 Å². The number of aromatic nitrogens is 3. The van der Waals surface area contributed by atoms with Gasteiger partial charge in [-0.3, -0.25) is 4.57 Å². The van der Waals surface area contributed by atoms with Crippen molar-refractivity contribution >= 4 is 60.3 Å². The SMILES string of the molecule is C1=CC(c2ccc3c(c2)c2nc4ccccc4nc2n3-c2ccccc2)NC(c2cccc(-c3c4ccccc4c(-c4ccccc4)c4ccccc34)c2)=C1. The maximum Gasteiger partial charge on any atom is 0.165 e. The van der Waals surface area contributed by atoms with Crippen LogP contribution in [0.1, 0.15) is 17.2 Å². The molecule has 258 valence electrons. The smallest absolute Gasteiger partial charge is 0.165 e. The number of nitrogens with one attached hydrogen (secondary N) is 1. The lowest BCUT2D eigenvalue weighted by Gasteiger charge is -2.23. The van der Waals surface area contributed by atoms with E-state index in [0.717, 1.165) is 50.0 Å². The van der Waals surface area contributed by atoms with Crippen molar-refractivity contribution in [2.24, 2.45) is 0 Å². The molecule has 1 unspecified atom stereocenters. The highest BCUT2D eigenvalue weighted by molar-refractivity contribution is 6.21. The second-order valence-electron chi connectivity index (χ2n) is 14.2. The normalized spacial score (nSPS) is 14.2. The molecule has 11 rings (SSSR count). The molecule has 1 atom stereocenters. The zero-order valence-corrected chi connectivity index (χ0v) is 29.9. The van der Waals surface area contributed by atoms with Crippen molar-refractivity contribution < 1.29 is 0 Å². The average molecular weight is 703 g/mol. The first-order chi connectivity index (χ1) is 27.3. The van der Waals surface area contributed by atoms with Gasteiger partial charge in [0.2, 0.25) is 0 Å². The highest BCUT2D eigenvalue weighted by Gasteiger charge is 2.21. The number of allylic oxidation sites excluding steroid dienone is 2. The van der Waals surface area contributed by atoms with Crippen LogP contribution in [-0.2, 0) is 0 Å². The lowest BCUT2D eigenvalue weighted by molar-refractivity contribution is 0.765. The molecular weight excluding hydrogens is 669 g/mol. The third kappa shape index (κ3) is 5.14. The summed E-state index contributed by atoms with van der Waals surface area (Å²) in [5.74, 6) is 0. The number of dihydropyridines is 1. The molecule has 10 aromatic rings. The van der Waals surface area contributed by atoms with Gasteiger partial charge in [0, 0.05) is 16.8 Å². The first-order valence-electron chi connectivity index (χ1n) is 18.8. The Kier molecular flexibility index (Phi) is 7.20. The molecule has 1 aliphatic rings. The molecule has 0 saturated heterocycles. The van der Waals surface area contributed by atoms with E-state index in [2.05, 4.69) is 174 Å². The maximum absolute atomic E-state index is 5.17. The molecule has 8 aromatic carbocycles. The molecule has 1 aliphatic heterocycles. The molecule has 55 heavy (non-hydrogen) atoms. The van der Waals surface area contributed by atoms with Crippen molar-refractivity contribution in [2.75, 3.05) is 0 Å². The Morgan fingerprint density at radius 3 is 1.76 bits per heavy atom. The molecule has 1 N–H and O–H groups in total. The van der Waals surface area contributed by atoms with Crippen LogP contribution in [0.5, 0.6) is 0 Å². The summed E-state index contributed by atoms with van der Waals surface area (Å²) in [7, 11) is 0. The Labute approximate surface area is 318 Å². The predicted molar refractivity (Wildman–Crippen MR) is 229 cm³/mol. The summed E-state index contributed by atoms with van der Waals surface area (Å²) in [5, 5.41) is 9.98. The summed E-state index contributed by atoms with van der Waals surface area (Å²) in [6.45, 7) is 0. The Balaban J connectivity index is 1.00. The van der Waals surface area contributed by atoms with E-state index < -0.39 is 0 Å². The molecular formula is C51H34N4. The van der Waals surface area contributed by atoms with Crippen molar-refractivity contribution in [3.8, 4) is 27.9 Å². The van der Waals surface area contributed by atoms with Crippen molar-refractivity contribution in [3.63, 3.8) is 0 Å². The second-order valence-corrected chi connectivity index (χ2v) is 14.2. The van der Waals surface area contributed by atoms with Crippen LogP contribution in [0.25, 0.3) is 88.3 Å². The zero-order valence-electron chi connectivity index (χ0n) is 29.9. The van der Waals surface area contributed by atoms with Crippen LogP contribution < -0.4 is 5.32 Å². The van der Waals surface area contributed by atoms with E-state index >= 15 is 0 Å². The van der Waals surface area contributed by atoms with E-state index in [1.54, 1.807) is 0 Å². The third-order valence-corrected chi connectivity index (χ3v) is 11.0. The molecule has 2 aromatic heterocycles. The van der Waals surface area contributed by atoms with Gasteiger partial charge in [-0.25, -0.2) is 9.97 Å². The van der Waals surface area contributed by atoms with Gasteiger partial charge in [-0.15, -0.1) is 0 Å². The van der Waals surface area contributed by atoms with Crippen LogP contribution in [0, 0.1) is 0 Å². The van der Waals surface area contributed by atoms with E-state index in [0.29, 0.717) is 0 Å². The van der Waals surface area contributed by atoms with Gasteiger partial charge in [-0.1, -0.05) is 146 Å². The average Bonchev–Trinajstić information content (AvgIpc) is 3.57. The van der Waals surface area contributed by atoms with Gasteiger partial charge < -0.3 is 5.32 Å². The van der Waals surface area contributed by atoms with Crippen molar-refractivity contribution in [3.05, 3.63) is 205 Å². The first-order valence-corrected chi connectivity index (χ1v) is 18.8. The van der Waals surface area contributed by atoms with E-state index in [-0.39, 0.29) is 6.04 Å². The number of nitrogens with zero attached hydrogens (tertiary/aromatic N) is 3. The fraction of sp³-hybridized carbons (Fsp3) is 0.0196. The Hall–Kier alpha value is -7.30. The van der Waals surface area contributed by atoms with E-state index in [9.17, 15) is 0 Å². The van der Waals surface area contributed by atoms with Crippen molar-refractivity contribution in [1.29, 1.82) is 0 Å². The molecule has 0 aliphatic carbocycles. The van der Waals surface area contributed by atoms with E-state index in [1.807, 2.05) is 30.3 Å².